The topological polar surface area (TPSA) is 76.2 Å². The molecular weight excluding hydrogens is 420 g/mol. The first-order valence-electron chi connectivity index (χ1n) is 12.6. The number of fused-ring (bicyclic) bond motifs is 2. The van der Waals surface area contributed by atoms with E-state index in [2.05, 4.69) is 27.3 Å². The second kappa shape index (κ2) is 9.29. The standard InChI is InChI=1S/C25H38N4O4/c1-25(2,3)33-24(30)28-10-7-20(8-11-28)31-21-13-22(14-21)32-23-12-17(6-9-27-23)29-18-4-5-19(29)16-26-15-18/h6,9,12,18-22,26H,4-5,7-8,10-11,13-16H2,1-3H3/t18-,19?,21?,22?/m1/s1. The maximum absolute atomic E-state index is 12.2. The molecule has 1 amide bonds. The molecule has 0 aromatic carbocycles. The van der Waals surface area contributed by atoms with Crippen molar-refractivity contribution in [3.05, 3.63) is 18.3 Å². The summed E-state index contributed by atoms with van der Waals surface area (Å²) in [7, 11) is 0. The highest BCUT2D eigenvalue weighted by molar-refractivity contribution is 5.68. The van der Waals surface area contributed by atoms with Gasteiger partial charge in [-0.25, -0.2) is 9.78 Å². The number of nitrogens with zero attached hydrogens (tertiary/aromatic N) is 3. The Balaban J connectivity index is 1.05. The Morgan fingerprint density at radius 2 is 1.73 bits per heavy atom. The highest BCUT2D eigenvalue weighted by Gasteiger charge is 2.38. The fourth-order valence-corrected chi connectivity index (χ4v) is 5.49. The molecular formula is C25H38N4O4. The van der Waals surface area contributed by atoms with E-state index in [1.807, 2.05) is 27.0 Å². The first-order chi connectivity index (χ1) is 15.8. The Morgan fingerprint density at radius 3 is 2.39 bits per heavy atom. The molecule has 1 N–H and O–H groups in total. The van der Waals surface area contributed by atoms with E-state index in [4.69, 9.17) is 14.2 Å². The minimum atomic E-state index is -0.454. The number of hydrogen-bond acceptors (Lipinski definition) is 7. The summed E-state index contributed by atoms with van der Waals surface area (Å²) in [4.78, 5) is 21.0. The van der Waals surface area contributed by atoms with Crippen LogP contribution < -0.4 is 15.0 Å². The van der Waals surface area contributed by atoms with Crippen LogP contribution in [0.4, 0.5) is 10.5 Å². The Kier molecular flexibility index (Phi) is 6.40. The number of amides is 1. The zero-order valence-corrected chi connectivity index (χ0v) is 20.2. The van der Waals surface area contributed by atoms with Gasteiger partial charge in [0.15, 0.2) is 0 Å². The third kappa shape index (κ3) is 5.38. The summed E-state index contributed by atoms with van der Waals surface area (Å²) in [6, 6.07) is 5.39. The molecule has 4 fully saturated rings. The fourth-order valence-electron chi connectivity index (χ4n) is 5.49. The predicted octanol–water partition coefficient (Wildman–Crippen LogP) is 3.35. The number of pyridine rings is 1. The van der Waals surface area contributed by atoms with Crippen molar-refractivity contribution in [3.8, 4) is 5.88 Å². The van der Waals surface area contributed by atoms with Crippen LogP contribution in [0, 0.1) is 0 Å². The summed E-state index contributed by atoms with van der Waals surface area (Å²) in [5.41, 5.74) is 0.780. The smallest absolute Gasteiger partial charge is 0.410 e. The highest BCUT2D eigenvalue weighted by Crippen LogP contribution is 2.35. The lowest BCUT2D eigenvalue weighted by molar-refractivity contribution is -0.110. The Hall–Kier alpha value is -2.06. The molecule has 1 saturated carbocycles. The van der Waals surface area contributed by atoms with Crippen LogP contribution >= 0.6 is 0 Å². The molecule has 182 valence electrons. The Bertz CT molecular complexity index is 814. The summed E-state index contributed by atoms with van der Waals surface area (Å²) in [5, 5.41) is 3.54. The number of rotatable bonds is 5. The van der Waals surface area contributed by atoms with Gasteiger partial charge in [-0.15, -0.1) is 0 Å². The van der Waals surface area contributed by atoms with E-state index in [9.17, 15) is 4.79 Å². The van der Waals surface area contributed by atoms with E-state index in [-0.39, 0.29) is 24.4 Å². The van der Waals surface area contributed by atoms with Crippen molar-refractivity contribution >= 4 is 11.8 Å². The van der Waals surface area contributed by atoms with Gasteiger partial charge in [0.1, 0.15) is 11.7 Å². The van der Waals surface area contributed by atoms with Crippen molar-refractivity contribution in [2.24, 2.45) is 0 Å². The van der Waals surface area contributed by atoms with Gasteiger partial charge in [0, 0.05) is 69.1 Å². The van der Waals surface area contributed by atoms with Crippen LogP contribution in [-0.4, -0.2) is 78.2 Å². The lowest BCUT2D eigenvalue weighted by atomic mass is 9.91. The first-order valence-corrected chi connectivity index (χ1v) is 12.6. The summed E-state index contributed by atoms with van der Waals surface area (Å²) in [6.45, 7) is 9.21. The molecule has 4 heterocycles. The lowest BCUT2D eigenvalue weighted by Crippen LogP contribution is -2.52. The minimum Gasteiger partial charge on any atom is -0.474 e. The van der Waals surface area contributed by atoms with Crippen LogP contribution in [0.3, 0.4) is 0 Å². The molecule has 33 heavy (non-hydrogen) atoms. The van der Waals surface area contributed by atoms with Crippen LogP contribution in [0.1, 0.15) is 59.3 Å². The number of ether oxygens (including phenoxy) is 3. The van der Waals surface area contributed by atoms with Crippen molar-refractivity contribution in [1.29, 1.82) is 0 Å². The SMILES string of the molecule is CC(C)(C)OC(=O)N1CCC(OC2CC(Oc3cc(N4C5CC[C@@H]4CNC5)ccn3)C2)CC1. The zero-order chi connectivity index (χ0) is 23.0. The maximum atomic E-state index is 12.2. The number of carbonyl (C=O) groups excluding carboxylic acids is 1. The summed E-state index contributed by atoms with van der Waals surface area (Å²) in [6.07, 6.45) is 8.30. The Labute approximate surface area is 196 Å². The Morgan fingerprint density at radius 1 is 1.03 bits per heavy atom. The average Bonchev–Trinajstić information content (AvgIpc) is 3.00. The van der Waals surface area contributed by atoms with Crippen LogP contribution in [0.5, 0.6) is 5.88 Å². The minimum absolute atomic E-state index is 0.166. The van der Waals surface area contributed by atoms with Crippen molar-refractivity contribution in [1.82, 2.24) is 15.2 Å². The van der Waals surface area contributed by atoms with E-state index in [1.165, 1.54) is 18.5 Å². The maximum Gasteiger partial charge on any atom is 0.410 e. The molecule has 4 aliphatic rings. The van der Waals surface area contributed by atoms with E-state index in [0.717, 1.165) is 44.7 Å². The van der Waals surface area contributed by atoms with Gasteiger partial charge >= 0.3 is 6.09 Å². The van der Waals surface area contributed by atoms with Crippen molar-refractivity contribution in [2.75, 3.05) is 31.1 Å². The molecule has 3 aliphatic heterocycles. The van der Waals surface area contributed by atoms with Gasteiger partial charge in [0.25, 0.3) is 0 Å². The van der Waals surface area contributed by atoms with Crippen LogP contribution in [0.2, 0.25) is 0 Å². The molecule has 2 bridgehead atoms. The van der Waals surface area contributed by atoms with E-state index >= 15 is 0 Å². The number of aromatic nitrogens is 1. The third-order valence-electron chi connectivity index (χ3n) is 7.21. The first kappa shape index (κ1) is 22.7. The second-order valence-electron chi connectivity index (χ2n) is 10.9. The number of piperazine rings is 1. The van der Waals surface area contributed by atoms with Crippen molar-refractivity contribution in [2.45, 2.75) is 95.3 Å². The monoisotopic (exact) mass is 458 g/mol. The highest BCUT2D eigenvalue weighted by atomic mass is 16.6. The van der Waals surface area contributed by atoms with Gasteiger partial charge in [0.2, 0.25) is 5.88 Å². The van der Waals surface area contributed by atoms with Crippen LogP contribution in [-0.2, 0) is 9.47 Å². The summed E-state index contributed by atoms with van der Waals surface area (Å²) < 4.78 is 17.9. The third-order valence-corrected chi connectivity index (χ3v) is 7.21. The van der Waals surface area contributed by atoms with E-state index < -0.39 is 5.60 Å². The number of likely N-dealkylation sites (tertiary alicyclic amines) is 1. The van der Waals surface area contributed by atoms with Gasteiger partial charge in [0.05, 0.1) is 12.2 Å². The van der Waals surface area contributed by atoms with Crippen molar-refractivity contribution < 1.29 is 19.0 Å². The van der Waals surface area contributed by atoms with Crippen LogP contribution in [0.25, 0.3) is 0 Å². The second-order valence-corrected chi connectivity index (χ2v) is 10.9. The van der Waals surface area contributed by atoms with Gasteiger partial charge in [-0.05, 0) is 52.5 Å². The summed E-state index contributed by atoms with van der Waals surface area (Å²) >= 11 is 0. The van der Waals surface area contributed by atoms with Crippen LogP contribution in [0.15, 0.2) is 18.3 Å². The average molecular weight is 459 g/mol. The largest absolute Gasteiger partial charge is 0.474 e. The quantitative estimate of drug-likeness (QED) is 0.725. The summed E-state index contributed by atoms with van der Waals surface area (Å²) in [5.74, 6) is 0.722. The molecule has 0 radical (unpaired) electrons. The van der Waals surface area contributed by atoms with E-state index in [0.29, 0.717) is 25.2 Å². The normalized spacial score (nSPS) is 30.2. The van der Waals surface area contributed by atoms with Gasteiger partial charge < -0.3 is 29.3 Å². The molecule has 8 nitrogen and oxygen atoms in total. The fraction of sp³-hybridized carbons (Fsp3) is 0.760. The number of anilines is 1. The lowest BCUT2D eigenvalue weighted by Gasteiger charge is -2.40. The molecule has 1 aliphatic carbocycles. The van der Waals surface area contributed by atoms with Gasteiger partial charge in [-0.1, -0.05) is 0 Å². The van der Waals surface area contributed by atoms with Gasteiger partial charge in [-0.2, -0.15) is 0 Å². The predicted molar refractivity (Wildman–Crippen MR) is 126 cm³/mol. The number of carbonyl (C=O) groups is 1. The van der Waals surface area contributed by atoms with E-state index in [1.54, 1.807) is 4.90 Å². The molecule has 0 spiro atoms. The molecule has 2 atom stereocenters. The molecule has 3 saturated heterocycles. The zero-order valence-electron chi connectivity index (χ0n) is 20.2. The molecule has 1 aromatic heterocycles. The molecule has 5 rings (SSSR count). The molecule has 8 heteroatoms. The number of piperidine rings is 1. The van der Waals surface area contributed by atoms with Crippen molar-refractivity contribution in [3.63, 3.8) is 0 Å². The van der Waals surface area contributed by atoms with Gasteiger partial charge in [-0.3, -0.25) is 0 Å². The number of nitrogens with one attached hydrogen (secondary N) is 1. The molecule has 1 aromatic rings. The molecule has 1 unspecified atom stereocenters. The number of hydrogen-bond donors (Lipinski definition) is 1.